The van der Waals surface area contributed by atoms with Gasteiger partial charge in [-0.05, 0) is 62.7 Å². The van der Waals surface area contributed by atoms with Crippen molar-refractivity contribution in [2.75, 3.05) is 6.54 Å². The molecule has 2 spiro atoms. The highest BCUT2D eigenvalue weighted by atomic mass is 17.3. The number of guanidine groups is 1. The summed E-state index contributed by atoms with van der Waals surface area (Å²) in [5.41, 5.74) is 10.9. The fourth-order valence-electron chi connectivity index (χ4n) is 6.33. The third-order valence-electron chi connectivity index (χ3n) is 7.34. The predicted molar refractivity (Wildman–Crippen MR) is 88.4 cm³/mol. The van der Waals surface area contributed by atoms with Crippen LogP contribution in [0.25, 0.3) is 0 Å². The molecular formula is C18H29N3O3. The van der Waals surface area contributed by atoms with Gasteiger partial charge in [0.2, 0.25) is 11.6 Å². The van der Waals surface area contributed by atoms with Gasteiger partial charge < -0.3 is 16.2 Å². The van der Waals surface area contributed by atoms with Gasteiger partial charge in [-0.25, -0.2) is 0 Å². The Morgan fingerprint density at radius 2 is 1.54 bits per heavy atom. The van der Waals surface area contributed by atoms with E-state index in [0.717, 1.165) is 37.5 Å². The lowest BCUT2D eigenvalue weighted by molar-refractivity contribution is -0.390. The maximum absolute atomic E-state index is 6.70. The first-order chi connectivity index (χ1) is 11.6. The topological polar surface area (TPSA) is 92.1 Å². The Morgan fingerprint density at radius 1 is 0.917 bits per heavy atom. The smallest absolute Gasteiger partial charge is 0.210 e. The number of ether oxygens (including phenoxy) is 1. The first kappa shape index (κ1) is 15.4. The van der Waals surface area contributed by atoms with Gasteiger partial charge in [-0.2, -0.15) is 9.78 Å². The second kappa shape index (κ2) is 5.32. The summed E-state index contributed by atoms with van der Waals surface area (Å²) in [7, 11) is 0. The van der Waals surface area contributed by atoms with Gasteiger partial charge in [-0.15, -0.1) is 0 Å². The molecule has 0 atom stereocenters. The summed E-state index contributed by atoms with van der Waals surface area (Å²) in [6.45, 7) is 0.707. The standard InChI is InChI=1S/C18H29N3O3/c19-16(20)21-10-11-1-3-17(4-2-11)22-18(24-23-17)14-6-12-5-13(8-14)9-15(18)7-12/h11-15H,1-10H2,(H4,19,20,21). The van der Waals surface area contributed by atoms with Crippen LogP contribution in [-0.2, 0) is 14.5 Å². The van der Waals surface area contributed by atoms with Gasteiger partial charge in [-0.1, -0.05) is 0 Å². The summed E-state index contributed by atoms with van der Waals surface area (Å²) >= 11 is 0. The van der Waals surface area contributed by atoms with Crippen molar-refractivity contribution in [3.05, 3.63) is 0 Å². The van der Waals surface area contributed by atoms with Gasteiger partial charge in [0.05, 0.1) is 0 Å². The Balaban J connectivity index is 1.27. The lowest BCUT2D eigenvalue weighted by Gasteiger charge is -2.57. The Bertz CT molecular complexity index is 510. The van der Waals surface area contributed by atoms with Crippen molar-refractivity contribution in [1.82, 2.24) is 0 Å². The first-order valence-corrected chi connectivity index (χ1v) is 9.69. The molecule has 6 rings (SSSR count). The van der Waals surface area contributed by atoms with Crippen molar-refractivity contribution in [1.29, 1.82) is 0 Å². The second-order valence-corrected chi connectivity index (χ2v) is 8.91. The van der Waals surface area contributed by atoms with E-state index in [1.165, 1.54) is 32.1 Å². The van der Waals surface area contributed by atoms with Gasteiger partial charge in [-0.3, -0.25) is 4.99 Å². The molecule has 1 saturated heterocycles. The van der Waals surface area contributed by atoms with E-state index in [4.69, 9.17) is 26.0 Å². The SMILES string of the molecule is NC(N)=NCC1CCC2(CC1)OOC1(O2)C2CC3CC(C2)CC1C3. The normalized spacial score (nSPS) is 52.2. The molecule has 1 aliphatic heterocycles. The van der Waals surface area contributed by atoms with Gasteiger partial charge in [0.15, 0.2) is 5.96 Å². The maximum Gasteiger partial charge on any atom is 0.210 e. The van der Waals surface area contributed by atoms with E-state index in [9.17, 15) is 0 Å². The molecule has 5 aliphatic carbocycles. The second-order valence-electron chi connectivity index (χ2n) is 8.91. The summed E-state index contributed by atoms with van der Waals surface area (Å²) in [6, 6.07) is 0. The van der Waals surface area contributed by atoms with E-state index >= 15 is 0 Å². The summed E-state index contributed by atoms with van der Waals surface area (Å²) in [5.74, 6) is 2.60. The Morgan fingerprint density at radius 3 is 2.12 bits per heavy atom. The number of hydrogen-bond donors (Lipinski definition) is 2. The molecule has 5 saturated carbocycles. The molecule has 0 amide bonds. The van der Waals surface area contributed by atoms with Crippen molar-refractivity contribution in [3.63, 3.8) is 0 Å². The largest absolute Gasteiger partial charge is 0.370 e. The van der Waals surface area contributed by atoms with Gasteiger partial charge in [0, 0.05) is 31.2 Å². The molecule has 0 unspecified atom stereocenters. The first-order valence-electron chi connectivity index (χ1n) is 9.69. The zero-order chi connectivity index (χ0) is 16.4. The minimum absolute atomic E-state index is 0.180. The molecule has 134 valence electrons. The zero-order valence-corrected chi connectivity index (χ0v) is 14.3. The monoisotopic (exact) mass is 335 g/mol. The van der Waals surface area contributed by atoms with Crippen LogP contribution in [0.15, 0.2) is 4.99 Å². The molecule has 4 bridgehead atoms. The van der Waals surface area contributed by atoms with Crippen LogP contribution >= 0.6 is 0 Å². The van der Waals surface area contributed by atoms with E-state index in [0.29, 0.717) is 24.3 Å². The van der Waals surface area contributed by atoms with Crippen LogP contribution in [0.3, 0.4) is 0 Å². The molecule has 0 aromatic carbocycles. The van der Waals surface area contributed by atoms with E-state index in [1.54, 1.807) is 0 Å². The molecule has 6 aliphatic rings. The van der Waals surface area contributed by atoms with E-state index in [1.807, 2.05) is 0 Å². The number of hydrogen-bond acceptors (Lipinski definition) is 4. The lowest BCUT2D eigenvalue weighted by atomic mass is 9.53. The summed E-state index contributed by atoms with van der Waals surface area (Å²) in [4.78, 5) is 16.1. The van der Waals surface area contributed by atoms with Gasteiger partial charge in [0.1, 0.15) is 0 Å². The zero-order valence-electron chi connectivity index (χ0n) is 14.3. The molecule has 0 aromatic rings. The van der Waals surface area contributed by atoms with Crippen LogP contribution in [0.5, 0.6) is 0 Å². The van der Waals surface area contributed by atoms with Crippen molar-refractivity contribution in [2.24, 2.45) is 46.0 Å². The Hall–Kier alpha value is -0.850. The van der Waals surface area contributed by atoms with Gasteiger partial charge >= 0.3 is 0 Å². The van der Waals surface area contributed by atoms with Crippen molar-refractivity contribution >= 4 is 5.96 Å². The third kappa shape index (κ3) is 2.30. The fourth-order valence-corrected chi connectivity index (χ4v) is 6.33. The van der Waals surface area contributed by atoms with Crippen molar-refractivity contribution in [2.45, 2.75) is 69.4 Å². The van der Waals surface area contributed by atoms with Crippen LogP contribution in [0.1, 0.15) is 57.8 Å². The molecule has 4 N–H and O–H groups in total. The van der Waals surface area contributed by atoms with Crippen molar-refractivity contribution < 1.29 is 14.5 Å². The molecule has 1 heterocycles. The van der Waals surface area contributed by atoms with Crippen molar-refractivity contribution in [3.8, 4) is 0 Å². The quantitative estimate of drug-likeness (QED) is 0.459. The summed E-state index contributed by atoms with van der Waals surface area (Å²) < 4.78 is 6.70. The van der Waals surface area contributed by atoms with Crippen LogP contribution in [0.4, 0.5) is 0 Å². The highest BCUT2D eigenvalue weighted by molar-refractivity contribution is 5.75. The van der Waals surface area contributed by atoms with Crippen LogP contribution in [-0.4, -0.2) is 24.1 Å². The fraction of sp³-hybridized carbons (Fsp3) is 0.944. The van der Waals surface area contributed by atoms with E-state index in [-0.39, 0.29) is 5.96 Å². The highest BCUT2D eigenvalue weighted by Gasteiger charge is 2.66. The molecule has 6 nitrogen and oxygen atoms in total. The molecular weight excluding hydrogens is 306 g/mol. The molecule has 0 radical (unpaired) electrons. The van der Waals surface area contributed by atoms with E-state index < -0.39 is 11.6 Å². The minimum Gasteiger partial charge on any atom is -0.370 e. The lowest BCUT2D eigenvalue weighted by Crippen LogP contribution is -2.59. The molecule has 0 aromatic heterocycles. The van der Waals surface area contributed by atoms with Gasteiger partial charge in [0.25, 0.3) is 0 Å². The number of aliphatic imine (C=N–C) groups is 1. The summed E-state index contributed by atoms with van der Waals surface area (Å²) in [5, 5.41) is 0. The Kier molecular flexibility index (Phi) is 3.42. The van der Waals surface area contributed by atoms with Crippen LogP contribution in [0, 0.1) is 29.6 Å². The number of rotatable bonds is 2. The molecule has 6 fully saturated rings. The number of nitrogens with two attached hydrogens (primary N) is 2. The minimum atomic E-state index is -0.524. The van der Waals surface area contributed by atoms with Crippen LogP contribution in [0.2, 0.25) is 0 Å². The third-order valence-corrected chi connectivity index (χ3v) is 7.34. The Labute approximate surface area is 143 Å². The van der Waals surface area contributed by atoms with Crippen LogP contribution < -0.4 is 11.5 Å². The average Bonchev–Trinajstić information content (AvgIpc) is 2.92. The number of nitrogens with zero attached hydrogens (tertiary/aromatic N) is 1. The maximum atomic E-state index is 6.70. The molecule has 24 heavy (non-hydrogen) atoms. The molecule has 6 heteroatoms. The highest BCUT2D eigenvalue weighted by Crippen LogP contribution is 2.63. The average molecular weight is 335 g/mol. The summed E-state index contributed by atoms with van der Waals surface area (Å²) in [6.07, 6.45) is 10.3. The predicted octanol–water partition coefficient (Wildman–Crippen LogP) is 2.28. The van der Waals surface area contributed by atoms with E-state index in [2.05, 4.69) is 4.99 Å².